The Kier molecular flexibility index (Phi) is 2.90. The molecular formula is C9H18O2. The zero-order chi connectivity index (χ0) is 8.32. The van der Waals surface area contributed by atoms with Crippen molar-refractivity contribution in [2.24, 2.45) is 0 Å². The van der Waals surface area contributed by atoms with E-state index in [9.17, 15) is 5.11 Å². The molecule has 1 fully saturated rings. The highest BCUT2D eigenvalue weighted by molar-refractivity contribution is 4.89. The van der Waals surface area contributed by atoms with Gasteiger partial charge in [-0.3, -0.25) is 0 Å². The minimum Gasteiger partial charge on any atom is -0.390 e. The third kappa shape index (κ3) is 1.94. The Balaban J connectivity index is 2.22. The van der Waals surface area contributed by atoms with E-state index >= 15 is 0 Å². The predicted molar refractivity (Wildman–Crippen MR) is 44.5 cm³/mol. The summed E-state index contributed by atoms with van der Waals surface area (Å²) in [6.07, 6.45) is 3.88. The van der Waals surface area contributed by atoms with Crippen LogP contribution in [-0.2, 0) is 4.74 Å². The van der Waals surface area contributed by atoms with Crippen LogP contribution < -0.4 is 0 Å². The molecule has 1 N–H and O–H groups in total. The lowest BCUT2D eigenvalue weighted by Gasteiger charge is -2.42. The Bertz CT molecular complexity index is 119. The first-order valence-electron chi connectivity index (χ1n) is 4.51. The molecule has 2 atom stereocenters. The number of rotatable bonds is 4. The van der Waals surface area contributed by atoms with Crippen LogP contribution in [0.5, 0.6) is 0 Å². The molecule has 1 saturated heterocycles. The van der Waals surface area contributed by atoms with Gasteiger partial charge in [0.2, 0.25) is 0 Å². The van der Waals surface area contributed by atoms with Crippen LogP contribution in [0, 0.1) is 0 Å². The van der Waals surface area contributed by atoms with Crippen LogP contribution in [0.2, 0.25) is 0 Å². The molecule has 0 saturated carbocycles. The van der Waals surface area contributed by atoms with Gasteiger partial charge in [-0.15, -0.1) is 0 Å². The van der Waals surface area contributed by atoms with E-state index in [2.05, 4.69) is 6.92 Å². The molecule has 11 heavy (non-hydrogen) atoms. The minimum atomic E-state index is -0.254. The fourth-order valence-electron chi connectivity index (χ4n) is 1.39. The number of aliphatic hydroxyl groups is 1. The van der Waals surface area contributed by atoms with E-state index in [0.717, 1.165) is 32.3 Å². The highest BCUT2D eigenvalue weighted by atomic mass is 16.5. The van der Waals surface area contributed by atoms with Gasteiger partial charge in [-0.05, 0) is 13.3 Å². The molecule has 0 spiro atoms. The van der Waals surface area contributed by atoms with Gasteiger partial charge < -0.3 is 9.84 Å². The molecular weight excluding hydrogens is 140 g/mol. The maximum Gasteiger partial charge on any atom is 0.0934 e. The van der Waals surface area contributed by atoms with Crippen LogP contribution in [0.15, 0.2) is 0 Å². The second kappa shape index (κ2) is 3.55. The molecule has 0 aromatic carbocycles. The SMILES string of the molecule is CCCCC(O)C1(C)CCO1. The highest BCUT2D eigenvalue weighted by Crippen LogP contribution is 2.31. The number of aliphatic hydroxyl groups excluding tert-OH is 1. The predicted octanol–water partition coefficient (Wildman–Crippen LogP) is 1.72. The van der Waals surface area contributed by atoms with Gasteiger partial charge in [0.05, 0.1) is 18.3 Å². The number of ether oxygens (including phenoxy) is 1. The van der Waals surface area contributed by atoms with Gasteiger partial charge in [-0.25, -0.2) is 0 Å². The van der Waals surface area contributed by atoms with Crippen molar-refractivity contribution in [3.63, 3.8) is 0 Å². The van der Waals surface area contributed by atoms with Crippen molar-refractivity contribution in [2.75, 3.05) is 6.61 Å². The quantitative estimate of drug-likeness (QED) is 0.675. The maximum atomic E-state index is 9.63. The van der Waals surface area contributed by atoms with Gasteiger partial charge >= 0.3 is 0 Å². The second-order valence-electron chi connectivity index (χ2n) is 3.57. The number of hydrogen-bond acceptors (Lipinski definition) is 2. The average molecular weight is 158 g/mol. The van der Waals surface area contributed by atoms with Gasteiger partial charge in [-0.2, -0.15) is 0 Å². The molecule has 0 aliphatic carbocycles. The summed E-state index contributed by atoms with van der Waals surface area (Å²) < 4.78 is 5.33. The number of unbranched alkanes of at least 4 members (excludes halogenated alkanes) is 1. The van der Waals surface area contributed by atoms with Gasteiger partial charge in [0, 0.05) is 6.42 Å². The topological polar surface area (TPSA) is 29.5 Å². The van der Waals surface area contributed by atoms with Gasteiger partial charge in [0.1, 0.15) is 0 Å². The van der Waals surface area contributed by atoms with Crippen LogP contribution >= 0.6 is 0 Å². The molecule has 1 aliphatic heterocycles. The van der Waals surface area contributed by atoms with Gasteiger partial charge in [0.25, 0.3) is 0 Å². The lowest BCUT2D eigenvalue weighted by atomic mass is 9.88. The van der Waals surface area contributed by atoms with E-state index in [1.54, 1.807) is 0 Å². The van der Waals surface area contributed by atoms with Crippen molar-refractivity contribution in [1.29, 1.82) is 0 Å². The van der Waals surface area contributed by atoms with Crippen LogP contribution in [0.3, 0.4) is 0 Å². The molecule has 2 heteroatoms. The summed E-state index contributed by atoms with van der Waals surface area (Å²) in [7, 11) is 0. The molecule has 0 amide bonds. The van der Waals surface area contributed by atoms with Gasteiger partial charge in [-0.1, -0.05) is 19.8 Å². The lowest BCUT2D eigenvalue weighted by molar-refractivity contribution is -0.194. The van der Waals surface area contributed by atoms with Crippen LogP contribution in [0.1, 0.15) is 39.5 Å². The van der Waals surface area contributed by atoms with Crippen LogP contribution in [0.4, 0.5) is 0 Å². The molecule has 66 valence electrons. The summed E-state index contributed by atoms with van der Waals surface area (Å²) in [5.41, 5.74) is -0.213. The van der Waals surface area contributed by atoms with Crippen molar-refractivity contribution in [3.8, 4) is 0 Å². The first-order chi connectivity index (χ1) is 5.19. The molecule has 1 aliphatic rings. The Morgan fingerprint density at radius 1 is 1.64 bits per heavy atom. The Labute approximate surface area is 68.6 Å². The summed E-state index contributed by atoms with van der Waals surface area (Å²) in [5, 5.41) is 9.63. The Morgan fingerprint density at radius 3 is 2.64 bits per heavy atom. The summed E-state index contributed by atoms with van der Waals surface area (Å²) in [4.78, 5) is 0. The van der Waals surface area contributed by atoms with Crippen molar-refractivity contribution in [1.82, 2.24) is 0 Å². The van der Waals surface area contributed by atoms with Crippen LogP contribution in [-0.4, -0.2) is 23.4 Å². The normalized spacial score (nSPS) is 33.0. The zero-order valence-corrected chi connectivity index (χ0v) is 7.47. The largest absolute Gasteiger partial charge is 0.390 e. The van der Waals surface area contributed by atoms with E-state index in [4.69, 9.17) is 4.74 Å². The monoisotopic (exact) mass is 158 g/mol. The van der Waals surface area contributed by atoms with Gasteiger partial charge in [0.15, 0.2) is 0 Å². The molecule has 0 radical (unpaired) electrons. The fraction of sp³-hybridized carbons (Fsp3) is 1.00. The standard InChI is InChI=1S/C9H18O2/c1-3-4-5-8(10)9(2)6-7-11-9/h8,10H,3-7H2,1-2H3. The zero-order valence-electron chi connectivity index (χ0n) is 7.47. The molecule has 2 unspecified atom stereocenters. The Morgan fingerprint density at radius 2 is 2.27 bits per heavy atom. The first kappa shape index (κ1) is 9.01. The average Bonchev–Trinajstić information content (AvgIpc) is 1.95. The summed E-state index contributed by atoms with van der Waals surface area (Å²) >= 11 is 0. The molecule has 0 aromatic heterocycles. The number of hydrogen-bond donors (Lipinski definition) is 1. The summed E-state index contributed by atoms with van der Waals surface area (Å²) in [6, 6.07) is 0. The van der Waals surface area contributed by atoms with E-state index in [1.807, 2.05) is 6.92 Å². The van der Waals surface area contributed by atoms with Crippen LogP contribution in [0.25, 0.3) is 0 Å². The minimum absolute atomic E-state index is 0.213. The second-order valence-corrected chi connectivity index (χ2v) is 3.57. The molecule has 0 aromatic rings. The third-order valence-corrected chi connectivity index (χ3v) is 2.57. The van der Waals surface area contributed by atoms with Crippen molar-refractivity contribution in [3.05, 3.63) is 0 Å². The first-order valence-corrected chi connectivity index (χ1v) is 4.51. The summed E-state index contributed by atoms with van der Waals surface area (Å²) in [5.74, 6) is 0. The maximum absolute atomic E-state index is 9.63. The van der Waals surface area contributed by atoms with E-state index in [-0.39, 0.29) is 11.7 Å². The Hall–Kier alpha value is -0.0800. The molecule has 0 bridgehead atoms. The molecule has 2 nitrogen and oxygen atoms in total. The van der Waals surface area contributed by atoms with Crippen molar-refractivity contribution < 1.29 is 9.84 Å². The highest BCUT2D eigenvalue weighted by Gasteiger charge is 2.39. The van der Waals surface area contributed by atoms with E-state index < -0.39 is 0 Å². The van der Waals surface area contributed by atoms with E-state index in [0.29, 0.717) is 0 Å². The lowest BCUT2D eigenvalue weighted by Crippen LogP contribution is -2.50. The smallest absolute Gasteiger partial charge is 0.0934 e. The van der Waals surface area contributed by atoms with Crippen molar-refractivity contribution >= 4 is 0 Å². The van der Waals surface area contributed by atoms with E-state index in [1.165, 1.54) is 0 Å². The third-order valence-electron chi connectivity index (χ3n) is 2.57. The summed E-state index contributed by atoms with van der Waals surface area (Å²) in [6.45, 7) is 4.95. The molecule has 1 rings (SSSR count). The van der Waals surface area contributed by atoms with Crippen molar-refractivity contribution in [2.45, 2.75) is 51.2 Å². The molecule has 1 heterocycles. The fourth-order valence-corrected chi connectivity index (χ4v) is 1.39.